The topological polar surface area (TPSA) is 44.4 Å². The molecule has 2 aliphatic heterocycles. The Morgan fingerprint density at radius 1 is 1.20 bits per heavy atom. The van der Waals surface area contributed by atoms with Gasteiger partial charge in [0.2, 0.25) is 0 Å². The highest BCUT2D eigenvalue weighted by Gasteiger charge is 2.39. The summed E-state index contributed by atoms with van der Waals surface area (Å²) in [6, 6.07) is 7.95. The highest BCUT2D eigenvalue weighted by atomic mass is 35.5. The summed E-state index contributed by atoms with van der Waals surface area (Å²) in [4.78, 5) is 16.3. The molecular weight excluding hydrogens is 435 g/mol. The molecule has 3 heterocycles. The summed E-state index contributed by atoms with van der Waals surface area (Å²) in [5.41, 5.74) is -0.891. The summed E-state index contributed by atoms with van der Waals surface area (Å²) in [5.74, 6) is 0. The van der Waals surface area contributed by atoms with Crippen molar-refractivity contribution < 1.29 is 18.0 Å². The van der Waals surface area contributed by atoms with Crippen LogP contribution in [-0.2, 0) is 12.7 Å². The van der Waals surface area contributed by atoms with Crippen LogP contribution in [0.4, 0.5) is 23.7 Å². The van der Waals surface area contributed by atoms with Crippen LogP contribution in [0.15, 0.2) is 35.7 Å². The largest absolute Gasteiger partial charge is 0.417 e. The molecule has 2 N–H and O–H groups in total. The maximum atomic E-state index is 13.0. The van der Waals surface area contributed by atoms with Crippen molar-refractivity contribution >= 4 is 34.7 Å². The molecule has 0 radical (unpaired) electrons. The van der Waals surface area contributed by atoms with Gasteiger partial charge in [0.15, 0.2) is 0 Å². The first-order valence-electron chi connectivity index (χ1n) is 10.0. The van der Waals surface area contributed by atoms with E-state index in [1.807, 2.05) is 0 Å². The first-order chi connectivity index (χ1) is 14.3. The Balaban J connectivity index is 1.37. The number of alkyl halides is 3. The van der Waals surface area contributed by atoms with Crippen molar-refractivity contribution in [2.75, 3.05) is 5.32 Å². The highest BCUT2D eigenvalue weighted by molar-refractivity contribution is 7.09. The number of fused-ring (bicyclic) bond motifs is 2. The molecule has 30 heavy (non-hydrogen) atoms. The number of rotatable bonds is 4. The van der Waals surface area contributed by atoms with Crippen LogP contribution >= 0.6 is 22.9 Å². The Labute approximate surface area is 182 Å². The number of thiophene rings is 1. The van der Waals surface area contributed by atoms with Gasteiger partial charge in [-0.25, -0.2) is 4.79 Å². The second kappa shape index (κ2) is 8.77. The van der Waals surface area contributed by atoms with Crippen LogP contribution in [0.5, 0.6) is 0 Å². The third-order valence-corrected chi connectivity index (χ3v) is 7.10. The number of halogens is 4. The van der Waals surface area contributed by atoms with Crippen molar-refractivity contribution in [2.45, 2.75) is 63.0 Å². The maximum Gasteiger partial charge on any atom is 0.417 e. The zero-order valence-electron chi connectivity index (χ0n) is 16.2. The zero-order chi connectivity index (χ0) is 21.3. The number of benzene rings is 1. The Bertz CT molecular complexity index is 876. The number of hydrogen-bond acceptors (Lipinski definition) is 3. The third kappa shape index (κ3) is 4.92. The number of urea groups is 1. The van der Waals surface area contributed by atoms with Crippen molar-refractivity contribution in [1.82, 2.24) is 10.2 Å². The minimum Gasteiger partial charge on any atom is -0.335 e. The summed E-state index contributed by atoms with van der Waals surface area (Å²) in [7, 11) is 0. The molecule has 0 spiro atoms. The molecule has 2 fully saturated rings. The van der Waals surface area contributed by atoms with Crippen molar-refractivity contribution in [1.29, 1.82) is 0 Å². The van der Waals surface area contributed by atoms with Crippen molar-refractivity contribution in [2.24, 2.45) is 0 Å². The van der Waals surface area contributed by atoms with E-state index in [1.54, 1.807) is 11.3 Å². The first-order valence-corrected chi connectivity index (χ1v) is 11.3. The average molecular weight is 458 g/mol. The molecule has 0 aliphatic carbocycles. The summed E-state index contributed by atoms with van der Waals surface area (Å²) >= 11 is 7.40. The van der Waals surface area contributed by atoms with Crippen LogP contribution in [0.2, 0.25) is 5.02 Å². The molecule has 3 atom stereocenters. The molecule has 1 aromatic heterocycles. The fourth-order valence-electron chi connectivity index (χ4n) is 4.61. The number of hydrogen-bond donors (Lipinski definition) is 2. The van der Waals surface area contributed by atoms with E-state index in [0.717, 1.165) is 44.4 Å². The van der Waals surface area contributed by atoms with Crippen LogP contribution < -0.4 is 10.6 Å². The Hall–Kier alpha value is -1.77. The van der Waals surface area contributed by atoms with Crippen LogP contribution in [0.25, 0.3) is 0 Å². The van der Waals surface area contributed by atoms with E-state index >= 15 is 0 Å². The van der Waals surface area contributed by atoms with Gasteiger partial charge < -0.3 is 10.6 Å². The summed E-state index contributed by atoms with van der Waals surface area (Å²) < 4.78 is 39.1. The smallest absolute Gasteiger partial charge is 0.335 e. The van der Waals surface area contributed by atoms with Crippen LogP contribution in [-0.4, -0.2) is 29.1 Å². The SMILES string of the molecule is O=C(Nc1ccc(Cl)c(C(F)(F)F)c1)NC1C[C@H]2CCC[C@@H](C1)N2Cc1cccs1. The average Bonchev–Trinajstić information content (AvgIpc) is 3.16. The maximum absolute atomic E-state index is 13.0. The van der Waals surface area contributed by atoms with E-state index in [0.29, 0.717) is 12.1 Å². The van der Waals surface area contributed by atoms with Gasteiger partial charge in [0, 0.05) is 35.2 Å². The van der Waals surface area contributed by atoms with Gasteiger partial charge in [-0.05, 0) is 55.3 Å². The van der Waals surface area contributed by atoms with Crippen LogP contribution in [0.3, 0.4) is 0 Å². The van der Waals surface area contributed by atoms with E-state index in [1.165, 1.54) is 17.4 Å². The van der Waals surface area contributed by atoms with E-state index in [4.69, 9.17) is 11.6 Å². The molecule has 2 aliphatic rings. The van der Waals surface area contributed by atoms with Gasteiger partial charge in [-0.2, -0.15) is 13.2 Å². The van der Waals surface area contributed by atoms with E-state index < -0.39 is 17.8 Å². The molecule has 2 bridgehead atoms. The van der Waals surface area contributed by atoms with Crippen molar-refractivity contribution in [3.8, 4) is 0 Å². The number of nitrogens with one attached hydrogen (secondary N) is 2. The standard InChI is InChI=1S/C21H23ClF3N3OS/c22-19-7-6-13(11-18(19)21(23,24)25)26-20(29)27-14-9-15-3-1-4-16(10-14)28(15)12-17-5-2-8-30-17/h2,5-8,11,14-16H,1,3-4,9-10,12H2,(H2,26,27,29)/t14?,15-,16+. The van der Waals surface area contributed by atoms with Gasteiger partial charge in [-0.1, -0.05) is 24.1 Å². The summed E-state index contributed by atoms with van der Waals surface area (Å²) in [6.07, 6.45) is 0.535. The Morgan fingerprint density at radius 3 is 2.57 bits per heavy atom. The molecule has 9 heteroatoms. The molecule has 2 aromatic rings. The van der Waals surface area contributed by atoms with E-state index in [9.17, 15) is 18.0 Å². The number of piperidine rings is 2. The molecule has 4 rings (SSSR count). The Kier molecular flexibility index (Phi) is 6.27. The highest BCUT2D eigenvalue weighted by Crippen LogP contribution is 2.37. The monoisotopic (exact) mass is 457 g/mol. The van der Waals surface area contributed by atoms with Gasteiger partial charge in [-0.15, -0.1) is 11.3 Å². The van der Waals surface area contributed by atoms with E-state index in [-0.39, 0.29) is 16.8 Å². The quantitative estimate of drug-likeness (QED) is 0.580. The predicted octanol–water partition coefficient (Wildman–Crippen LogP) is 6.13. The normalized spacial score (nSPS) is 24.5. The van der Waals surface area contributed by atoms with Crippen LogP contribution in [0, 0.1) is 0 Å². The van der Waals surface area contributed by atoms with E-state index in [2.05, 4.69) is 33.0 Å². The first kappa shape index (κ1) is 21.5. The lowest BCUT2D eigenvalue weighted by molar-refractivity contribution is -0.137. The van der Waals surface area contributed by atoms with Gasteiger partial charge in [0.05, 0.1) is 10.6 Å². The van der Waals surface area contributed by atoms with Crippen molar-refractivity contribution in [3.63, 3.8) is 0 Å². The lowest BCUT2D eigenvalue weighted by atomic mass is 9.81. The molecule has 2 amide bonds. The molecule has 1 aromatic carbocycles. The minimum absolute atomic E-state index is 0.00859. The van der Waals surface area contributed by atoms with Crippen LogP contribution in [0.1, 0.15) is 42.5 Å². The summed E-state index contributed by atoms with van der Waals surface area (Å²) in [5, 5.41) is 7.18. The molecule has 0 saturated carbocycles. The molecule has 2 saturated heterocycles. The van der Waals surface area contributed by atoms with Gasteiger partial charge in [0.1, 0.15) is 0 Å². The summed E-state index contributed by atoms with van der Waals surface area (Å²) in [6.45, 7) is 0.941. The molecular formula is C21H23ClF3N3OS. The fraction of sp³-hybridized carbons (Fsp3) is 0.476. The number of carbonyl (C=O) groups excluding carboxylic acids is 1. The van der Waals surface area contributed by atoms with Crippen molar-refractivity contribution in [3.05, 3.63) is 51.2 Å². The number of nitrogens with zero attached hydrogens (tertiary/aromatic N) is 1. The third-order valence-electron chi connectivity index (χ3n) is 5.91. The predicted molar refractivity (Wildman–Crippen MR) is 113 cm³/mol. The van der Waals surface area contributed by atoms with Gasteiger partial charge >= 0.3 is 12.2 Å². The lowest BCUT2D eigenvalue weighted by Gasteiger charge is -2.48. The van der Waals surface area contributed by atoms with Gasteiger partial charge in [-0.3, -0.25) is 4.90 Å². The minimum atomic E-state index is -4.57. The lowest BCUT2D eigenvalue weighted by Crippen LogP contribution is -2.56. The van der Waals surface area contributed by atoms with Gasteiger partial charge in [0.25, 0.3) is 0 Å². The number of amides is 2. The second-order valence-corrected chi connectivity index (χ2v) is 9.39. The number of carbonyl (C=O) groups is 1. The molecule has 4 nitrogen and oxygen atoms in total. The molecule has 162 valence electrons. The zero-order valence-corrected chi connectivity index (χ0v) is 17.8. The Morgan fingerprint density at radius 2 is 1.93 bits per heavy atom. The number of anilines is 1. The fourth-order valence-corrected chi connectivity index (χ4v) is 5.55. The molecule has 1 unspecified atom stereocenters. The second-order valence-electron chi connectivity index (χ2n) is 7.95.